The third-order valence-corrected chi connectivity index (χ3v) is 2.05. The largest absolute Gasteiger partial charge is 0.291 e. The molecule has 5 nitrogen and oxygen atoms in total. The Kier molecular flexibility index (Phi) is 1.70. The van der Waals surface area contributed by atoms with E-state index in [0.717, 1.165) is 5.69 Å². The molecule has 0 aliphatic rings. The highest BCUT2D eigenvalue weighted by Gasteiger charge is 2.19. The van der Waals surface area contributed by atoms with Gasteiger partial charge in [0.1, 0.15) is 6.33 Å². The van der Waals surface area contributed by atoms with E-state index in [4.69, 9.17) is 0 Å². The first-order valence-corrected chi connectivity index (χ1v) is 4.42. The summed E-state index contributed by atoms with van der Waals surface area (Å²) in [4.78, 5) is 17.9. The van der Waals surface area contributed by atoms with Crippen molar-refractivity contribution in [1.29, 1.82) is 0 Å². The Morgan fingerprint density at radius 3 is 2.79 bits per heavy atom. The minimum absolute atomic E-state index is 0.125. The fourth-order valence-electron chi connectivity index (χ4n) is 1.37. The zero-order valence-corrected chi connectivity index (χ0v) is 8.40. The van der Waals surface area contributed by atoms with E-state index in [1.165, 1.54) is 6.33 Å². The lowest BCUT2D eigenvalue weighted by Crippen LogP contribution is -2.22. The zero-order valence-electron chi connectivity index (χ0n) is 8.40. The molecule has 2 heterocycles. The lowest BCUT2D eigenvalue weighted by atomic mass is 9.92. The summed E-state index contributed by atoms with van der Waals surface area (Å²) >= 11 is 0. The second-order valence-corrected chi connectivity index (χ2v) is 4.26. The molecular formula is C9H12N4O. The quantitative estimate of drug-likeness (QED) is 0.668. The Labute approximate surface area is 80.8 Å². The number of rotatable bonds is 0. The van der Waals surface area contributed by atoms with E-state index < -0.39 is 0 Å². The maximum absolute atomic E-state index is 11.3. The second-order valence-electron chi connectivity index (χ2n) is 4.26. The van der Waals surface area contributed by atoms with Crippen molar-refractivity contribution < 1.29 is 0 Å². The summed E-state index contributed by atoms with van der Waals surface area (Å²) < 4.78 is 1.65. The Morgan fingerprint density at radius 2 is 2.14 bits per heavy atom. The Morgan fingerprint density at radius 1 is 1.43 bits per heavy atom. The van der Waals surface area contributed by atoms with Crippen LogP contribution in [0.5, 0.6) is 0 Å². The van der Waals surface area contributed by atoms with E-state index in [-0.39, 0.29) is 11.0 Å². The molecule has 0 saturated carbocycles. The number of nitrogens with zero attached hydrogens (tertiary/aromatic N) is 3. The summed E-state index contributed by atoms with van der Waals surface area (Å²) in [6.45, 7) is 6.09. The molecule has 0 spiro atoms. The number of H-pyrrole nitrogens is 1. The van der Waals surface area contributed by atoms with Crippen LogP contribution in [0.15, 0.2) is 17.2 Å². The van der Waals surface area contributed by atoms with Gasteiger partial charge in [-0.2, -0.15) is 10.1 Å². The van der Waals surface area contributed by atoms with Crippen LogP contribution in [0, 0.1) is 0 Å². The molecule has 1 N–H and O–H groups in total. The molecule has 0 atom stereocenters. The maximum atomic E-state index is 11.3. The van der Waals surface area contributed by atoms with Crippen LogP contribution >= 0.6 is 0 Å². The molecule has 0 bridgehead atoms. The summed E-state index contributed by atoms with van der Waals surface area (Å²) in [6, 6.07) is 1.56. The van der Waals surface area contributed by atoms with Crippen LogP contribution in [-0.2, 0) is 5.41 Å². The van der Waals surface area contributed by atoms with Gasteiger partial charge in [-0.05, 0) is 0 Å². The van der Waals surface area contributed by atoms with Gasteiger partial charge in [-0.3, -0.25) is 9.78 Å². The third-order valence-electron chi connectivity index (χ3n) is 2.05. The van der Waals surface area contributed by atoms with Crippen molar-refractivity contribution in [3.63, 3.8) is 0 Å². The first kappa shape index (κ1) is 8.93. The van der Waals surface area contributed by atoms with E-state index in [2.05, 4.69) is 15.1 Å². The van der Waals surface area contributed by atoms with Gasteiger partial charge in [-0.15, -0.1) is 0 Å². The molecule has 0 aliphatic heterocycles. The molecule has 0 fully saturated rings. The molecule has 2 aromatic heterocycles. The van der Waals surface area contributed by atoms with Gasteiger partial charge in [0, 0.05) is 11.5 Å². The summed E-state index contributed by atoms with van der Waals surface area (Å²) in [7, 11) is 0. The van der Waals surface area contributed by atoms with E-state index in [1.54, 1.807) is 10.6 Å². The molecule has 5 heteroatoms. The van der Waals surface area contributed by atoms with Gasteiger partial charge in [0.25, 0.3) is 5.56 Å². The standard InChI is InChI=1S/C9H12N4O/c1-9(2,3)6-4-7(14)12-8-10-5-11-13(6)8/h4-5H,1-3H3,(H,10,11,12,14). The molecule has 0 unspecified atom stereocenters. The molecule has 0 radical (unpaired) electrons. The Balaban J connectivity index is 2.87. The molecular weight excluding hydrogens is 180 g/mol. The fraction of sp³-hybridized carbons (Fsp3) is 0.444. The van der Waals surface area contributed by atoms with Crippen molar-refractivity contribution in [1.82, 2.24) is 19.6 Å². The highest BCUT2D eigenvalue weighted by molar-refractivity contribution is 5.29. The molecule has 2 rings (SSSR count). The lowest BCUT2D eigenvalue weighted by molar-refractivity contribution is 0.545. The minimum Gasteiger partial charge on any atom is -0.291 e. The van der Waals surface area contributed by atoms with Gasteiger partial charge >= 0.3 is 0 Å². The van der Waals surface area contributed by atoms with Crippen molar-refractivity contribution in [2.45, 2.75) is 26.2 Å². The monoisotopic (exact) mass is 192 g/mol. The molecule has 0 amide bonds. The summed E-state index contributed by atoms with van der Waals surface area (Å²) in [5.41, 5.74) is 0.587. The normalized spacial score (nSPS) is 12.2. The van der Waals surface area contributed by atoms with Crippen LogP contribution in [0.4, 0.5) is 0 Å². The van der Waals surface area contributed by atoms with Crippen LogP contribution < -0.4 is 5.56 Å². The van der Waals surface area contributed by atoms with Crippen LogP contribution in [0.2, 0.25) is 0 Å². The summed E-state index contributed by atoms with van der Waals surface area (Å²) in [5.74, 6) is 0.488. The van der Waals surface area contributed by atoms with Crippen LogP contribution in [0.3, 0.4) is 0 Å². The molecule has 0 aliphatic carbocycles. The minimum atomic E-state index is -0.143. The summed E-state index contributed by atoms with van der Waals surface area (Å²) in [5, 5.41) is 4.06. The highest BCUT2D eigenvalue weighted by Crippen LogP contribution is 2.19. The van der Waals surface area contributed by atoms with Gasteiger partial charge in [0.2, 0.25) is 5.78 Å². The third kappa shape index (κ3) is 1.30. The number of fused-ring (bicyclic) bond motifs is 1. The lowest BCUT2D eigenvalue weighted by Gasteiger charge is -2.18. The van der Waals surface area contributed by atoms with Crippen molar-refractivity contribution >= 4 is 5.78 Å². The van der Waals surface area contributed by atoms with Crippen molar-refractivity contribution in [3.8, 4) is 0 Å². The average Bonchev–Trinajstić information content (AvgIpc) is 2.47. The number of aromatic nitrogens is 4. The maximum Gasteiger partial charge on any atom is 0.252 e. The van der Waals surface area contributed by atoms with Crippen LogP contribution in [-0.4, -0.2) is 19.6 Å². The molecule has 0 aromatic carbocycles. The average molecular weight is 192 g/mol. The highest BCUT2D eigenvalue weighted by atomic mass is 16.1. The smallest absolute Gasteiger partial charge is 0.252 e. The van der Waals surface area contributed by atoms with E-state index >= 15 is 0 Å². The SMILES string of the molecule is CC(C)(C)c1cc(=O)[nH]c2ncnn12. The first-order chi connectivity index (χ1) is 6.48. The number of aromatic amines is 1. The van der Waals surface area contributed by atoms with Gasteiger partial charge in [-0.25, -0.2) is 4.52 Å². The zero-order chi connectivity index (χ0) is 10.3. The van der Waals surface area contributed by atoms with Crippen molar-refractivity contribution in [3.05, 3.63) is 28.4 Å². The number of hydrogen-bond donors (Lipinski definition) is 1. The van der Waals surface area contributed by atoms with Gasteiger partial charge in [0.15, 0.2) is 0 Å². The fourth-order valence-corrected chi connectivity index (χ4v) is 1.37. The Hall–Kier alpha value is -1.65. The predicted octanol–water partition coefficient (Wildman–Crippen LogP) is 0.715. The molecule has 14 heavy (non-hydrogen) atoms. The number of nitrogens with one attached hydrogen (secondary N) is 1. The molecule has 74 valence electrons. The van der Waals surface area contributed by atoms with E-state index in [0.29, 0.717) is 5.78 Å². The number of hydrogen-bond acceptors (Lipinski definition) is 3. The summed E-state index contributed by atoms with van der Waals surface area (Å²) in [6.07, 6.45) is 1.43. The second kappa shape index (κ2) is 2.67. The van der Waals surface area contributed by atoms with E-state index in [1.807, 2.05) is 20.8 Å². The van der Waals surface area contributed by atoms with Gasteiger partial charge in [-0.1, -0.05) is 20.8 Å². The molecule has 0 saturated heterocycles. The van der Waals surface area contributed by atoms with E-state index in [9.17, 15) is 4.79 Å². The topological polar surface area (TPSA) is 63.0 Å². The molecule has 2 aromatic rings. The van der Waals surface area contributed by atoms with Gasteiger partial charge < -0.3 is 0 Å². The van der Waals surface area contributed by atoms with Crippen molar-refractivity contribution in [2.24, 2.45) is 0 Å². The van der Waals surface area contributed by atoms with Crippen LogP contribution in [0.1, 0.15) is 26.5 Å². The predicted molar refractivity (Wildman–Crippen MR) is 52.3 cm³/mol. The van der Waals surface area contributed by atoms with Crippen molar-refractivity contribution in [2.75, 3.05) is 0 Å². The Bertz CT molecular complexity index is 517. The first-order valence-electron chi connectivity index (χ1n) is 4.42. The van der Waals surface area contributed by atoms with Gasteiger partial charge in [0.05, 0.1) is 5.69 Å². The van der Waals surface area contributed by atoms with Crippen LogP contribution in [0.25, 0.3) is 5.78 Å².